The van der Waals surface area contributed by atoms with E-state index in [1.807, 2.05) is 0 Å². The lowest BCUT2D eigenvalue weighted by molar-refractivity contribution is 0.551. The van der Waals surface area contributed by atoms with E-state index in [2.05, 4.69) is 81.0 Å². The van der Waals surface area contributed by atoms with Gasteiger partial charge in [0.15, 0.2) is 0 Å². The Bertz CT molecular complexity index is 1820. The Morgan fingerprint density at radius 3 is 2.13 bits per heavy atom. The number of imidazole rings is 2. The number of aryl methyl sites for hydroxylation is 4. The molecule has 3 aliphatic carbocycles. The highest BCUT2D eigenvalue weighted by Gasteiger charge is 2.29. The summed E-state index contributed by atoms with van der Waals surface area (Å²) >= 11 is 0. The van der Waals surface area contributed by atoms with E-state index in [0.29, 0.717) is 5.92 Å². The SMILES string of the molecule is CC(C)c1nc2c([nH]1)CCc1c-2ccc2c1CCc1c-2ccc2cc3c(cc12)CCc1[nH]c(C(C)(C)C)nc1-3. The number of aromatic amines is 2. The Morgan fingerprint density at radius 2 is 1.31 bits per heavy atom. The molecular formula is C35H36N4. The van der Waals surface area contributed by atoms with Crippen LogP contribution in [0.3, 0.4) is 0 Å². The summed E-state index contributed by atoms with van der Waals surface area (Å²) < 4.78 is 0. The standard InChI is InChI=1S/C35H36N4/c1-18(2)33-36-29-15-13-24-23-9-10-25-21(22(23)11-12-26(24)31(29)38-33)8-6-19-17-28-20(16-27(19)25)7-14-30-32(28)39-34(37-30)35(3,4)5/h6,8,11-12,16-18H,7,9-10,13-15H2,1-5H3,(H,36,38)(H,37,39). The average molecular weight is 513 g/mol. The van der Waals surface area contributed by atoms with Crippen molar-refractivity contribution in [2.75, 3.05) is 0 Å². The number of nitrogens with zero attached hydrogens (tertiary/aromatic N) is 2. The van der Waals surface area contributed by atoms with Crippen molar-refractivity contribution in [3.8, 4) is 33.6 Å². The van der Waals surface area contributed by atoms with Gasteiger partial charge >= 0.3 is 0 Å². The zero-order valence-electron chi connectivity index (χ0n) is 23.7. The summed E-state index contributed by atoms with van der Waals surface area (Å²) in [7, 11) is 0. The molecule has 5 aromatic rings. The van der Waals surface area contributed by atoms with Gasteiger partial charge in [0.05, 0.1) is 11.4 Å². The van der Waals surface area contributed by atoms with E-state index >= 15 is 0 Å². The van der Waals surface area contributed by atoms with Crippen molar-refractivity contribution in [1.82, 2.24) is 19.9 Å². The molecule has 8 rings (SSSR count). The number of hydrogen-bond donors (Lipinski definition) is 2. The zero-order chi connectivity index (χ0) is 26.6. The van der Waals surface area contributed by atoms with Crippen LogP contribution in [-0.4, -0.2) is 19.9 Å². The van der Waals surface area contributed by atoms with Crippen molar-refractivity contribution in [2.45, 2.75) is 84.5 Å². The highest BCUT2D eigenvalue weighted by atomic mass is 15.0. The largest absolute Gasteiger partial charge is 0.345 e. The first kappa shape index (κ1) is 23.2. The fourth-order valence-electron chi connectivity index (χ4n) is 7.20. The molecule has 0 bridgehead atoms. The van der Waals surface area contributed by atoms with Crippen molar-refractivity contribution in [2.24, 2.45) is 0 Å². The van der Waals surface area contributed by atoms with Gasteiger partial charge in [0.2, 0.25) is 0 Å². The maximum Gasteiger partial charge on any atom is 0.112 e. The minimum Gasteiger partial charge on any atom is -0.345 e. The second-order valence-corrected chi connectivity index (χ2v) is 13.2. The van der Waals surface area contributed by atoms with Crippen LogP contribution in [0, 0.1) is 0 Å². The Labute approximate surface area is 230 Å². The van der Waals surface area contributed by atoms with Crippen LogP contribution in [0.5, 0.6) is 0 Å². The lowest BCUT2D eigenvalue weighted by atomic mass is 9.76. The summed E-state index contributed by atoms with van der Waals surface area (Å²) in [4.78, 5) is 17.4. The Kier molecular flexibility index (Phi) is 4.73. The maximum absolute atomic E-state index is 5.09. The van der Waals surface area contributed by atoms with Gasteiger partial charge in [-0.05, 0) is 88.7 Å². The van der Waals surface area contributed by atoms with E-state index in [4.69, 9.17) is 9.97 Å². The van der Waals surface area contributed by atoms with Crippen LogP contribution in [0.2, 0.25) is 0 Å². The van der Waals surface area contributed by atoms with E-state index in [1.54, 1.807) is 5.56 Å². The fraction of sp³-hybridized carbons (Fsp3) is 0.371. The number of nitrogens with one attached hydrogen (secondary N) is 2. The molecule has 2 aromatic heterocycles. The van der Waals surface area contributed by atoms with Gasteiger partial charge in [-0.2, -0.15) is 0 Å². The molecule has 4 heteroatoms. The molecule has 0 amide bonds. The summed E-state index contributed by atoms with van der Waals surface area (Å²) in [5.74, 6) is 2.62. The van der Waals surface area contributed by atoms with Crippen LogP contribution in [0.4, 0.5) is 0 Å². The van der Waals surface area contributed by atoms with Gasteiger partial charge in [-0.3, -0.25) is 0 Å². The van der Waals surface area contributed by atoms with Crippen LogP contribution in [0.25, 0.3) is 44.4 Å². The molecule has 196 valence electrons. The van der Waals surface area contributed by atoms with Crippen molar-refractivity contribution in [1.29, 1.82) is 0 Å². The molecule has 0 fully saturated rings. The molecule has 0 saturated carbocycles. The number of rotatable bonds is 1. The van der Waals surface area contributed by atoms with Gasteiger partial charge in [0.25, 0.3) is 0 Å². The molecule has 0 spiro atoms. The van der Waals surface area contributed by atoms with E-state index in [1.165, 1.54) is 66.8 Å². The molecule has 0 radical (unpaired) electrons. The van der Waals surface area contributed by atoms with E-state index < -0.39 is 0 Å². The first-order chi connectivity index (χ1) is 18.8. The molecule has 0 unspecified atom stereocenters. The fourth-order valence-corrected chi connectivity index (χ4v) is 7.20. The zero-order valence-corrected chi connectivity index (χ0v) is 23.7. The number of fused-ring (bicyclic) bond motifs is 12. The quantitative estimate of drug-likeness (QED) is 0.239. The van der Waals surface area contributed by atoms with Gasteiger partial charge in [-0.1, -0.05) is 65.0 Å². The van der Waals surface area contributed by atoms with Crippen LogP contribution in [0.1, 0.15) is 85.8 Å². The third kappa shape index (κ3) is 3.36. The van der Waals surface area contributed by atoms with Crippen LogP contribution in [0.15, 0.2) is 36.4 Å². The molecule has 4 nitrogen and oxygen atoms in total. The minimum atomic E-state index is 0.0233. The number of benzene rings is 3. The summed E-state index contributed by atoms with van der Waals surface area (Å²) in [6.07, 6.45) is 6.47. The molecule has 0 aliphatic heterocycles. The number of hydrogen-bond acceptors (Lipinski definition) is 2. The van der Waals surface area contributed by atoms with Crippen LogP contribution >= 0.6 is 0 Å². The Hall–Kier alpha value is -3.66. The molecule has 2 heterocycles. The highest BCUT2D eigenvalue weighted by Crippen LogP contribution is 2.45. The summed E-state index contributed by atoms with van der Waals surface area (Å²) in [5.41, 5.74) is 16.5. The summed E-state index contributed by atoms with van der Waals surface area (Å²) in [6.45, 7) is 11.1. The van der Waals surface area contributed by atoms with Gasteiger partial charge in [0.1, 0.15) is 11.6 Å². The van der Waals surface area contributed by atoms with Gasteiger partial charge in [0, 0.05) is 33.8 Å². The molecule has 3 aromatic carbocycles. The third-order valence-corrected chi connectivity index (χ3v) is 9.31. The topological polar surface area (TPSA) is 57.4 Å². The van der Waals surface area contributed by atoms with Gasteiger partial charge in [-0.25, -0.2) is 9.97 Å². The molecule has 39 heavy (non-hydrogen) atoms. The second kappa shape index (κ2) is 7.94. The van der Waals surface area contributed by atoms with Crippen molar-refractivity contribution in [3.05, 3.63) is 81.7 Å². The second-order valence-electron chi connectivity index (χ2n) is 13.2. The number of H-pyrrole nitrogens is 2. The molecular weight excluding hydrogens is 476 g/mol. The van der Waals surface area contributed by atoms with Gasteiger partial charge < -0.3 is 9.97 Å². The lowest BCUT2D eigenvalue weighted by Gasteiger charge is -2.28. The predicted octanol–water partition coefficient (Wildman–Crippen LogP) is 8.00. The van der Waals surface area contributed by atoms with E-state index in [-0.39, 0.29) is 5.41 Å². The minimum absolute atomic E-state index is 0.0233. The van der Waals surface area contributed by atoms with E-state index in [0.717, 1.165) is 55.9 Å². The third-order valence-electron chi connectivity index (χ3n) is 9.31. The Morgan fingerprint density at radius 1 is 0.667 bits per heavy atom. The van der Waals surface area contributed by atoms with Crippen molar-refractivity contribution >= 4 is 10.8 Å². The van der Waals surface area contributed by atoms with Crippen molar-refractivity contribution in [3.63, 3.8) is 0 Å². The van der Waals surface area contributed by atoms with Crippen molar-refractivity contribution < 1.29 is 0 Å². The first-order valence-electron chi connectivity index (χ1n) is 14.7. The number of aromatic nitrogens is 4. The highest BCUT2D eigenvalue weighted by molar-refractivity contribution is 5.97. The first-order valence-corrected chi connectivity index (χ1v) is 14.7. The average Bonchev–Trinajstić information content (AvgIpc) is 3.56. The molecule has 2 N–H and O–H groups in total. The normalized spacial score (nSPS) is 15.4. The Balaban J connectivity index is 1.24. The predicted molar refractivity (Wildman–Crippen MR) is 160 cm³/mol. The van der Waals surface area contributed by atoms with Crippen LogP contribution in [-0.2, 0) is 43.9 Å². The monoisotopic (exact) mass is 512 g/mol. The van der Waals surface area contributed by atoms with E-state index in [9.17, 15) is 0 Å². The summed E-state index contributed by atoms with van der Waals surface area (Å²) in [5, 5.41) is 2.77. The van der Waals surface area contributed by atoms with Crippen LogP contribution < -0.4 is 0 Å². The maximum atomic E-state index is 5.09. The van der Waals surface area contributed by atoms with Gasteiger partial charge in [-0.15, -0.1) is 0 Å². The lowest BCUT2D eigenvalue weighted by Crippen LogP contribution is -2.13. The summed E-state index contributed by atoms with van der Waals surface area (Å²) in [6, 6.07) is 14.3. The molecule has 3 aliphatic rings. The molecule has 0 saturated heterocycles. The smallest absolute Gasteiger partial charge is 0.112 e. The molecule has 0 atom stereocenters.